The molecule has 54 valence electrons. The van der Waals surface area contributed by atoms with Crippen molar-refractivity contribution in [3.63, 3.8) is 0 Å². The van der Waals surface area contributed by atoms with Crippen LogP contribution in [0.5, 0.6) is 0 Å². The fraction of sp³-hybridized carbons (Fsp3) is 0. The molecule has 1 aromatic rings. The second-order valence-corrected chi connectivity index (χ2v) is 3.12. The lowest BCUT2D eigenvalue weighted by atomic mass is 10.5. The molecule has 10 heavy (non-hydrogen) atoms. The van der Waals surface area contributed by atoms with Crippen LogP contribution in [0.25, 0.3) is 0 Å². The molecular weight excluding hydrogens is 244 g/mol. The molecule has 5 heteroatoms. The number of pyridine rings is 1. The summed E-state index contributed by atoms with van der Waals surface area (Å²) in [6, 6.07) is 0. The van der Waals surface area contributed by atoms with Crippen molar-refractivity contribution in [1.82, 2.24) is 4.98 Å². The normalized spacial score (nSPS) is 10.0. The average molecular weight is 245 g/mol. The van der Waals surface area contributed by atoms with Crippen LogP contribution in [-0.2, 0) is 0 Å². The van der Waals surface area contributed by atoms with Gasteiger partial charge in [-0.05, 0) is 15.9 Å². The Morgan fingerprint density at radius 2 is 2.10 bits per heavy atom. The Hall–Kier alpha value is 0.140. The molecule has 0 bridgehead atoms. The van der Waals surface area contributed by atoms with Crippen LogP contribution >= 0.6 is 39.1 Å². The minimum Gasteiger partial charge on any atom is -0.240 e. The molecule has 0 unspecified atom stereocenters. The van der Waals surface area contributed by atoms with Gasteiger partial charge in [0.2, 0.25) is 0 Å². The number of nitrogens with zero attached hydrogens (tertiary/aromatic N) is 1. The Balaban J connectivity index is 3.34. The smallest absolute Gasteiger partial charge is 0.180 e. The molecule has 0 aliphatic carbocycles. The topological polar surface area (TPSA) is 12.9 Å². The Bertz CT molecular complexity index is 239. The van der Waals surface area contributed by atoms with Gasteiger partial charge < -0.3 is 0 Å². The molecule has 1 nitrogen and oxygen atoms in total. The zero-order chi connectivity index (χ0) is 7.72. The first-order chi connectivity index (χ1) is 4.63. The van der Waals surface area contributed by atoms with E-state index in [4.69, 9.17) is 23.2 Å². The highest BCUT2D eigenvalue weighted by Crippen LogP contribution is 2.27. The molecule has 0 spiro atoms. The molecule has 0 atom stereocenters. The van der Waals surface area contributed by atoms with E-state index in [1.807, 2.05) is 0 Å². The van der Waals surface area contributed by atoms with E-state index in [0.29, 0.717) is 4.47 Å². The SMILES string of the molecule is Fc1c(Cl)ncc(Br)c1Cl. The molecule has 0 aliphatic heterocycles. The van der Waals surface area contributed by atoms with Crippen LogP contribution in [0.3, 0.4) is 0 Å². The van der Waals surface area contributed by atoms with Crippen molar-refractivity contribution < 1.29 is 4.39 Å². The van der Waals surface area contributed by atoms with Gasteiger partial charge in [0.05, 0.1) is 9.50 Å². The molecule has 0 saturated heterocycles. The number of rotatable bonds is 0. The van der Waals surface area contributed by atoms with Gasteiger partial charge in [-0.25, -0.2) is 9.37 Å². The van der Waals surface area contributed by atoms with Crippen molar-refractivity contribution in [3.05, 3.63) is 26.7 Å². The van der Waals surface area contributed by atoms with Crippen LogP contribution in [0.1, 0.15) is 0 Å². The fourth-order valence-corrected chi connectivity index (χ4v) is 1.03. The zero-order valence-corrected chi connectivity index (χ0v) is 7.63. The van der Waals surface area contributed by atoms with E-state index in [2.05, 4.69) is 20.9 Å². The predicted molar refractivity (Wildman–Crippen MR) is 41.9 cm³/mol. The van der Waals surface area contributed by atoms with Crippen molar-refractivity contribution in [3.8, 4) is 0 Å². The van der Waals surface area contributed by atoms with Gasteiger partial charge in [-0.3, -0.25) is 0 Å². The van der Waals surface area contributed by atoms with Crippen molar-refractivity contribution in [1.29, 1.82) is 0 Å². The summed E-state index contributed by atoms with van der Waals surface area (Å²) >= 11 is 13.7. The van der Waals surface area contributed by atoms with Gasteiger partial charge in [0.15, 0.2) is 11.0 Å². The molecule has 0 N–H and O–H groups in total. The maximum absolute atomic E-state index is 12.6. The Kier molecular flexibility index (Phi) is 2.50. The standard InChI is InChI=1S/C5HBrCl2FN/c6-2-1-10-5(8)4(9)3(2)7/h1H. The summed E-state index contributed by atoms with van der Waals surface area (Å²) in [5.74, 6) is -0.697. The van der Waals surface area contributed by atoms with Crippen LogP contribution in [0.4, 0.5) is 4.39 Å². The molecule has 0 amide bonds. The van der Waals surface area contributed by atoms with E-state index in [9.17, 15) is 4.39 Å². The van der Waals surface area contributed by atoms with E-state index < -0.39 is 5.82 Å². The first kappa shape index (κ1) is 8.24. The third-order valence-corrected chi connectivity index (χ3v) is 2.34. The summed E-state index contributed by atoms with van der Waals surface area (Å²) < 4.78 is 13.0. The van der Waals surface area contributed by atoms with Crippen LogP contribution in [0.2, 0.25) is 10.2 Å². The van der Waals surface area contributed by atoms with E-state index in [1.165, 1.54) is 6.20 Å². The lowest BCUT2D eigenvalue weighted by Crippen LogP contribution is -1.84. The molecule has 0 fully saturated rings. The predicted octanol–water partition coefficient (Wildman–Crippen LogP) is 3.29. The maximum Gasteiger partial charge on any atom is 0.180 e. The highest BCUT2D eigenvalue weighted by molar-refractivity contribution is 9.10. The largest absolute Gasteiger partial charge is 0.240 e. The highest BCUT2D eigenvalue weighted by atomic mass is 79.9. The number of halogens is 4. The van der Waals surface area contributed by atoms with E-state index >= 15 is 0 Å². The first-order valence-electron chi connectivity index (χ1n) is 2.28. The highest BCUT2D eigenvalue weighted by Gasteiger charge is 2.08. The number of hydrogen-bond donors (Lipinski definition) is 0. The van der Waals surface area contributed by atoms with Crippen molar-refractivity contribution >= 4 is 39.1 Å². The second kappa shape index (κ2) is 3.03. The molecule has 1 aromatic heterocycles. The first-order valence-corrected chi connectivity index (χ1v) is 3.83. The van der Waals surface area contributed by atoms with E-state index in [1.54, 1.807) is 0 Å². The van der Waals surface area contributed by atoms with Crippen molar-refractivity contribution in [2.24, 2.45) is 0 Å². The molecule has 1 rings (SSSR count). The zero-order valence-electron chi connectivity index (χ0n) is 4.54. The molecular formula is C5HBrCl2FN. The van der Waals surface area contributed by atoms with Gasteiger partial charge in [0, 0.05) is 6.20 Å². The third-order valence-electron chi connectivity index (χ3n) is 0.875. The van der Waals surface area contributed by atoms with Crippen molar-refractivity contribution in [2.45, 2.75) is 0 Å². The van der Waals surface area contributed by atoms with Gasteiger partial charge in [0.25, 0.3) is 0 Å². The Labute approximate surface area is 75.3 Å². The van der Waals surface area contributed by atoms with Crippen LogP contribution < -0.4 is 0 Å². The van der Waals surface area contributed by atoms with Crippen LogP contribution in [0.15, 0.2) is 10.7 Å². The fourth-order valence-electron chi connectivity index (χ4n) is 0.422. The van der Waals surface area contributed by atoms with Crippen molar-refractivity contribution in [2.75, 3.05) is 0 Å². The third kappa shape index (κ3) is 1.41. The van der Waals surface area contributed by atoms with Gasteiger partial charge in [-0.1, -0.05) is 23.2 Å². The maximum atomic E-state index is 12.6. The molecule has 0 aromatic carbocycles. The number of aromatic nitrogens is 1. The Morgan fingerprint density at radius 3 is 2.60 bits per heavy atom. The van der Waals surface area contributed by atoms with Crippen LogP contribution in [0, 0.1) is 5.82 Å². The molecule has 0 radical (unpaired) electrons. The van der Waals surface area contributed by atoms with Crippen LogP contribution in [-0.4, -0.2) is 4.98 Å². The Morgan fingerprint density at radius 1 is 1.50 bits per heavy atom. The van der Waals surface area contributed by atoms with Gasteiger partial charge in [-0.2, -0.15) is 0 Å². The minimum absolute atomic E-state index is 0.0417. The summed E-state index contributed by atoms with van der Waals surface area (Å²) in [5, 5.41) is -0.256. The summed E-state index contributed by atoms with van der Waals surface area (Å²) in [6.07, 6.45) is 1.34. The van der Waals surface area contributed by atoms with E-state index in [0.717, 1.165) is 0 Å². The van der Waals surface area contributed by atoms with Gasteiger partial charge in [-0.15, -0.1) is 0 Å². The summed E-state index contributed by atoms with van der Waals surface area (Å²) in [4.78, 5) is 3.50. The van der Waals surface area contributed by atoms with Gasteiger partial charge >= 0.3 is 0 Å². The summed E-state index contributed by atoms with van der Waals surface area (Å²) in [7, 11) is 0. The quantitative estimate of drug-likeness (QED) is 0.639. The molecule has 0 aliphatic rings. The average Bonchev–Trinajstić information content (AvgIpc) is 1.93. The lowest BCUT2D eigenvalue weighted by Gasteiger charge is -1.96. The second-order valence-electron chi connectivity index (χ2n) is 1.52. The summed E-state index contributed by atoms with van der Waals surface area (Å²) in [6.45, 7) is 0. The monoisotopic (exact) mass is 243 g/mol. The molecule has 0 saturated carbocycles. The van der Waals surface area contributed by atoms with E-state index in [-0.39, 0.29) is 10.2 Å². The number of hydrogen-bond acceptors (Lipinski definition) is 1. The lowest BCUT2D eigenvalue weighted by molar-refractivity contribution is 0.621. The summed E-state index contributed by atoms with van der Waals surface area (Å²) in [5.41, 5.74) is 0. The van der Waals surface area contributed by atoms with Gasteiger partial charge in [0.1, 0.15) is 0 Å². The minimum atomic E-state index is -0.697. The molecule has 1 heterocycles.